The zero-order valence-electron chi connectivity index (χ0n) is 20.1. The highest BCUT2D eigenvalue weighted by atomic mass is 35.5. The van der Waals surface area contributed by atoms with Gasteiger partial charge in [-0.25, -0.2) is 18.1 Å². The minimum Gasteiger partial charge on any atom is -0.456 e. The molecule has 4 atom stereocenters. The van der Waals surface area contributed by atoms with E-state index in [0.29, 0.717) is 35.0 Å². The molecule has 1 aromatic carbocycles. The van der Waals surface area contributed by atoms with Gasteiger partial charge in [-0.1, -0.05) is 23.7 Å². The molecule has 3 aliphatic rings. The number of nitrogens with one attached hydrogen (secondary N) is 1. The molecule has 0 bridgehead atoms. The van der Waals surface area contributed by atoms with E-state index < -0.39 is 28.3 Å². The Balaban J connectivity index is 1.10. The van der Waals surface area contributed by atoms with Crippen LogP contribution in [0, 0.1) is 0 Å². The number of nitrogens with zero attached hydrogens (tertiary/aromatic N) is 5. The molecule has 38 heavy (non-hydrogen) atoms. The summed E-state index contributed by atoms with van der Waals surface area (Å²) in [7, 11) is -3.25. The van der Waals surface area contributed by atoms with Crippen LogP contribution in [0.15, 0.2) is 36.5 Å². The third-order valence-corrected chi connectivity index (χ3v) is 8.56. The zero-order chi connectivity index (χ0) is 26.2. The molecule has 3 aliphatic heterocycles. The van der Waals surface area contributed by atoms with Crippen LogP contribution in [0.25, 0.3) is 28.1 Å². The van der Waals surface area contributed by atoms with Gasteiger partial charge in [-0.3, -0.25) is 0 Å². The van der Waals surface area contributed by atoms with E-state index in [4.69, 9.17) is 25.8 Å². The van der Waals surface area contributed by atoms with Gasteiger partial charge in [0.1, 0.15) is 18.3 Å². The van der Waals surface area contributed by atoms with Crippen LogP contribution >= 0.6 is 11.6 Å². The van der Waals surface area contributed by atoms with Crippen LogP contribution in [0.4, 0.5) is 0 Å². The summed E-state index contributed by atoms with van der Waals surface area (Å²) >= 11 is 6.57. The largest absolute Gasteiger partial charge is 0.456 e. The van der Waals surface area contributed by atoms with E-state index in [-0.39, 0.29) is 25.3 Å². The lowest BCUT2D eigenvalue weighted by Crippen LogP contribution is -2.34. The fourth-order valence-electron chi connectivity index (χ4n) is 5.10. The lowest BCUT2D eigenvalue weighted by Gasteiger charge is -2.15. The van der Waals surface area contributed by atoms with E-state index >= 15 is 0 Å². The van der Waals surface area contributed by atoms with Crippen molar-refractivity contribution in [1.82, 2.24) is 29.0 Å². The third-order valence-electron chi connectivity index (χ3n) is 7.07. The number of hydrogen-bond donors (Lipinski definition) is 2. The Morgan fingerprint density at radius 1 is 1.13 bits per heavy atom. The van der Waals surface area contributed by atoms with Gasteiger partial charge in [0.25, 0.3) is 6.01 Å². The normalized spacial score (nSPS) is 25.2. The van der Waals surface area contributed by atoms with E-state index in [0.717, 1.165) is 22.5 Å². The number of aliphatic hydroxyl groups excluding tert-OH is 1. The van der Waals surface area contributed by atoms with Crippen molar-refractivity contribution in [2.45, 2.75) is 37.5 Å². The van der Waals surface area contributed by atoms with Gasteiger partial charge in [0.05, 0.1) is 53.6 Å². The SMILES string of the molecule is CS(=O)(=O)N1Cc2cn(-c3ccc(-c4nc5nc(O[C@@H]6COC7C6OC[C@H]7O)[nH]c5cc4Cl)cc3)nc2C1. The molecule has 2 saturated heterocycles. The molecule has 7 rings (SSSR count). The minimum atomic E-state index is -3.25. The van der Waals surface area contributed by atoms with Gasteiger partial charge < -0.3 is 24.3 Å². The predicted octanol–water partition coefficient (Wildman–Crippen LogP) is 1.65. The lowest BCUT2D eigenvalue weighted by atomic mass is 10.1. The fraction of sp³-hybridized carbons (Fsp3) is 0.375. The molecule has 0 radical (unpaired) electrons. The standard InChI is InChI=1S/C24H23ClN6O6S/c1-38(33,34)30-7-13-8-31(29-17(13)9-30)14-4-2-12(3-5-14)20-15(25)6-16-23(27-20)28-24(26-16)37-19-11-36-21-18(32)10-35-22(19)21/h2-6,8,18-19,21-22,32H,7,9-11H2,1H3,(H,26,27,28)/t18-,19-,21?,22?/m1/s1. The topological polar surface area (TPSA) is 145 Å². The first kappa shape index (κ1) is 24.0. The molecular formula is C24H23ClN6O6S. The van der Waals surface area contributed by atoms with Crippen LogP contribution in [0.1, 0.15) is 11.3 Å². The first-order valence-electron chi connectivity index (χ1n) is 12.0. The monoisotopic (exact) mass is 558 g/mol. The Hall–Kier alpha value is -3.07. The van der Waals surface area contributed by atoms with Gasteiger partial charge in [0.2, 0.25) is 10.0 Å². The van der Waals surface area contributed by atoms with Crippen molar-refractivity contribution in [3.63, 3.8) is 0 Å². The Bertz CT molecular complexity index is 1630. The van der Waals surface area contributed by atoms with Gasteiger partial charge in [-0.2, -0.15) is 14.4 Å². The van der Waals surface area contributed by atoms with Crippen LogP contribution in [0.5, 0.6) is 6.01 Å². The number of sulfonamides is 1. The number of hydrogen-bond acceptors (Lipinski definition) is 9. The molecule has 2 fully saturated rings. The Kier molecular flexibility index (Phi) is 5.51. The maximum Gasteiger partial charge on any atom is 0.296 e. The molecule has 12 nitrogen and oxygen atoms in total. The molecule has 2 N–H and O–H groups in total. The van der Waals surface area contributed by atoms with Crippen molar-refractivity contribution in [2.75, 3.05) is 19.5 Å². The van der Waals surface area contributed by atoms with Gasteiger partial charge >= 0.3 is 0 Å². The van der Waals surface area contributed by atoms with Crippen molar-refractivity contribution in [1.29, 1.82) is 0 Å². The van der Waals surface area contributed by atoms with Gasteiger partial charge in [-0.05, 0) is 18.2 Å². The fourth-order valence-corrected chi connectivity index (χ4v) is 6.10. The van der Waals surface area contributed by atoms with E-state index in [9.17, 15) is 13.5 Å². The minimum absolute atomic E-state index is 0.221. The molecule has 0 aliphatic carbocycles. The number of aliphatic hydroxyl groups is 1. The van der Waals surface area contributed by atoms with Crippen LogP contribution in [0.2, 0.25) is 5.02 Å². The molecule has 14 heteroatoms. The second-order valence-electron chi connectivity index (χ2n) is 9.68. The van der Waals surface area contributed by atoms with Crippen molar-refractivity contribution < 1.29 is 27.7 Å². The van der Waals surface area contributed by atoms with E-state index in [1.54, 1.807) is 10.7 Å². The summed E-state index contributed by atoms with van der Waals surface area (Å²) in [5.74, 6) is 0. The highest BCUT2D eigenvalue weighted by Crippen LogP contribution is 2.33. The number of aromatic amines is 1. The predicted molar refractivity (Wildman–Crippen MR) is 135 cm³/mol. The molecule has 3 aromatic heterocycles. The van der Waals surface area contributed by atoms with E-state index in [1.165, 1.54) is 10.6 Å². The number of aromatic nitrogens is 5. The average Bonchev–Trinajstić information content (AvgIpc) is 3.67. The maximum absolute atomic E-state index is 11.8. The van der Waals surface area contributed by atoms with Gasteiger partial charge in [0, 0.05) is 23.9 Å². The number of rotatable bonds is 5. The van der Waals surface area contributed by atoms with Gasteiger partial charge in [-0.15, -0.1) is 0 Å². The molecule has 2 unspecified atom stereocenters. The Morgan fingerprint density at radius 2 is 1.92 bits per heavy atom. The zero-order valence-corrected chi connectivity index (χ0v) is 21.7. The molecule has 0 amide bonds. The van der Waals surface area contributed by atoms with Crippen molar-refractivity contribution in [3.8, 4) is 23.0 Å². The van der Waals surface area contributed by atoms with Crippen LogP contribution in [-0.2, 0) is 32.6 Å². The first-order chi connectivity index (χ1) is 18.2. The summed E-state index contributed by atoms with van der Waals surface area (Å²) in [6, 6.07) is 9.62. The number of H-pyrrole nitrogens is 1. The summed E-state index contributed by atoms with van der Waals surface area (Å²) in [5.41, 5.74) is 4.92. The Morgan fingerprint density at radius 3 is 2.68 bits per heavy atom. The molecule has 198 valence electrons. The average molecular weight is 559 g/mol. The second-order valence-corrected chi connectivity index (χ2v) is 12.1. The summed E-state index contributed by atoms with van der Waals surface area (Å²) in [4.78, 5) is 12.2. The quantitative estimate of drug-likeness (QED) is 0.373. The highest BCUT2D eigenvalue weighted by molar-refractivity contribution is 7.88. The van der Waals surface area contributed by atoms with E-state index in [1.807, 2.05) is 30.5 Å². The second kappa shape index (κ2) is 8.73. The van der Waals surface area contributed by atoms with Crippen LogP contribution in [-0.4, -0.2) is 86.4 Å². The molecular weight excluding hydrogens is 536 g/mol. The smallest absolute Gasteiger partial charge is 0.296 e. The summed E-state index contributed by atoms with van der Waals surface area (Å²) in [6.45, 7) is 1.12. The van der Waals surface area contributed by atoms with Crippen LogP contribution < -0.4 is 4.74 Å². The number of fused-ring (bicyclic) bond motifs is 3. The Labute approximate surface area is 222 Å². The van der Waals surface area contributed by atoms with E-state index in [2.05, 4.69) is 20.1 Å². The lowest BCUT2D eigenvalue weighted by molar-refractivity contribution is 0.00706. The first-order valence-corrected chi connectivity index (χ1v) is 14.2. The summed E-state index contributed by atoms with van der Waals surface area (Å²) in [6.07, 6.45) is 1.27. The summed E-state index contributed by atoms with van der Waals surface area (Å²) < 4.78 is 43.9. The molecule has 0 spiro atoms. The number of ether oxygens (including phenoxy) is 3. The van der Waals surface area contributed by atoms with Crippen molar-refractivity contribution >= 4 is 32.8 Å². The molecule has 6 heterocycles. The maximum atomic E-state index is 11.8. The van der Waals surface area contributed by atoms with Gasteiger partial charge in [0.15, 0.2) is 11.8 Å². The number of halogens is 1. The number of benzene rings is 1. The molecule has 4 aromatic rings. The number of pyridine rings is 1. The van der Waals surface area contributed by atoms with Crippen molar-refractivity contribution in [2.24, 2.45) is 0 Å². The third kappa shape index (κ3) is 4.06. The van der Waals surface area contributed by atoms with Crippen molar-refractivity contribution in [3.05, 3.63) is 52.8 Å². The molecule has 0 saturated carbocycles. The van der Waals surface area contributed by atoms with Crippen LogP contribution in [0.3, 0.4) is 0 Å². The highest BCUT2D eigenvalue weighted by Gasteiger charge is 2.48. The summed E-state index contributed by atoms with van der Waals surface area (Å²) in [5, 5.41) is 14.9. The number of imidazole rings is 1.